The SMILES string of the molecule is COc1ccc2c(c1S(=O)(=O)Nc1noc3cc(Cn4cccn4)cc(OC)c13)OCC=C2. The summed E-state index contributed by atoms with van der Waals surface area (Å²) in [6.07, 6.45) is 7.12. The maximum absolute atomic E-state index is 13.4. The molecule has 1 aliphatic heterocycles. The summed E-state index contributed by atoms with van der Waals surface area (Å²) in [5, 5.41) is 8.55. The van der Waals surface area contributed by atoms with Crippen molar-refractivity contribution in [2.75, 3.05) is 25.5 Å². The van der Waals surface area contributed by atoms with E-state index in [0.717, 1.165) is 5.56 Å². The smallest absolute Gasteiger partial charge is 0.270 e. The molecule has 0 bridgehead atoms. The molecule has 0 unspecified atom stereocenters. The second kappa shape index (κ2) is 8.17. The van der Waals surface area contributed by atoms with E-state index >= 15 is 0 Å². The van der Waals surface area contributed by atoms with Crippen LogP contribution in [0.25, 0.3) is 17.0 Å². The van der Waals surface area contributed by atoms with E-state index in [9.17, 15) is 8.42 Å². The molecule has 10 nitrogen and oxygen atoms in total. The van der Waals surface area contributed by atoms with Crippen LogP contribution in [0.1, 0.15) is 11.1 Å². The molecule has 0 aliphatic carbocycles. The number of sulfonamides is 1. The lowest BCUT2D eigenvalue weighted by atomic mass is 10.1. The van der Waals surface area contributed by atoms with Crippen molar-refractivity contribution in [3.8, 4) is 17.2 Å². The fourth-order valence-electron chi connectivity index (χ4n) is 3.73. The van der Waals surface area contributed by atoms with Crippen LogP contribution in [-0.4, -0.2) is 44.2 Å². The first-order valence-electron chi connectivity index (χ1n) is 9.97. The van der Waals surface area contributed by atoms with Gasteiger partial charge in [0.05, 0.1) is 20.8 Å². The minimum absolute atomic E-state index is 0.00139. The van der Waals surface area contributed by atoms with Gasteiger partial charge in [-0.15, -0.1) is 0 Å². The van der Waals surface area contributed by atoms with Gasteiger partial charge in [-0.25, -0.2) is 8.42 Å². The summed E-state index contributed by atoms with van der Waals surface area (Å²) in [5.74, 6) is 0.775. The van der Waals surface area contributed by atoms with Crippen LogP contribution in [-0.2, 0) is 16.6 Å². The zero-order valence-electron chi connectivity index (χ0n) is 17.8. The molecular weight excluding hydrogens is 448 g/mol. The van der Waals surface area contributed by atoms with E-state index < -0.39 is 10.0 Å². The molecular formula is C22H20N4O6S. The Hall–Kier alpha value is -3.99. The van der Waals surface area contributed by atoms with Crippen molar-refractivity contribution in [2.24, 2.45) is 0 Å². The summed E-state index contributed by atoms with van der Waals surface area (Å²) in [4.78, 5) is -0.114. The van der Waals surface area contributed by atoms with Gasteiger partial charge in [0.25, 0.3) is 10.0 Å². The minimum Gasteiger partial charge on any atom is -0.496 e. The second-order valence-electron chi connectivity index (χ2n) is 7.24. The van der Waals surface area contributed by atoms with Crippen molar-refractivity contribution < 1.29 is 27.2 Å². The van der Waals surface area contributed by atoms with Crippen molar-refractivity contribution in [3.05, 3.63) is 59.9 Å². The highest BCUT2D eigenvalue weighted by Gasteiger charge is 2.30. The van der Waals surface area contributed by atoms with Gasteiger partial charge in [-0.2, -0.15) is 5.10 Å². The van der Waals surface area contributed by atoms with Crippen molar-refractivity contribution in [2.45, 2.75) is 11.4 Å². The van der Waals surface area contributed by atoms with Crippen LogP contribution in [0.4, 0.5) is 5.82 Å². The normalized spacial score (nSPS) is 12.9. The van der Waals surface area contributed by atoms with E-state index in [1.165, 1.54) is 14.2 Å². The highest BCUT2D eigenvalue weighted by atomic mass is 32.2. The van der Waals surface area contributed by atoms with Crippen LogP contribution in [0.2, 0.25) is 0 Å². The molecule has 170 valence electrons. The Morgan fingerprint density at radius 2 is 2.03 bits per heavy atom. The van der Waals surface area contributed by atoms with Crippen molar-refractivity contribution >= 4 is 32.9 Å². The molecule has 5 rings (SSSR count). The molecule has 0 saturated carbocycles. The third-order valence-electron chi connectivity index (χ3n) is 5.17. The molecule has 0 fully saturated rings. The number of ether oxygens (including phenoxy) is 3. The lowest BCUT2D eigenvalue weighted by Crippen LogP contribution is -2.17. The number of methoxy groups -OCH3 is 2. The Kier molecular flexibility index (Phi) is 5.17. The van der Waals surface area contributed by atoms with E-state index in [4.69, 9.17) is 18.7 Å². The molecule has 0 atom stereocenters. The van der Waals surface area contributed by atoms with E-state index in [0.29, 0.717) is 28.8 Å². The lowest BCUT2D eigenvalue weighted by molar-refractivity contribution is 0.337. The number of hydrogen-bond donors (Lipinski definition) is 1. The highest BCUT2D eigenvalue weighted by Crippen LogP contribution is 2.41. The Labute approximate surface area is 189 Å². The number of anilines is 1. The number of benzene rings is 2. The average Bonchev–Trinajstić information content (AvgIpc) is 3.47. The molecule has 2 aromatic heterocycles. The first-order valence-corrected chi connectivity index (χ1v) is 11.5. The molecule has 4 aromatic rings. The van der Waals surface area contributed by atoms with Gasteiger partial charge in [0.1, 0.15) is 23.5 Å². The number of nitrogens with zero attached hydrogens (tertiary/aromatic N) is 3. The molecule has 11 heteroatoms. The Balaban J connectivity index is 1.56. The standard InChI is InChI=1S/C22H20N4O6S/c1-29-16-7-6-15-5-3-10-31-20(15)21(16)33(27,28)25-22-19-17(30-2)11-14(12-18(19)32-24-22)13-26-9-4-8-23-26/h3-9,11-12H,10,13H2,1-2H3,(H,24,25). The van der Waals surface area contributed by atoms with Gasteiger partial charge in [-0.3, -0.25) is 9.40 Å². The van der Waals surface area contributed by atoms with Crippen LogP contribution in [0.15, 0.2) is 58.2 Å². The average molecular weight is 468 g/mol. The number of fused-ring (bicyclic) bond motifs is 2. The van der Waals surface area contributed by atoms with Gasteiger partial charge in [0, 0.05) is 18.0 Å². The summed E-state index contributed by atoms with van der Waals surface area (Å²) in [6.45, 7) is 0.738. The first-order chi connectivity index (χ1) is 16.0. The molecule has 0 radical (unpaired) electrons. The van der Waals surface area contributed by atoms with Gasteiger partial charge in [-0.1, -0.05) is 11.2 Å². The summed E-state index contributed by atoms with van der Waals surface area (Å²) in [7, 11) is -1.27. The topological polar surface area (TPSA) is 118 Å². The maximum Gasteiger partial charge on any atom is 0.270 e. The number of rotatable bonds is 7. The predicted octanol–water partition coefficient (Wildman–Crippen LogP) is 3.30. The number of aromatic nitrogens is 3. The van der Waals surface area contributed by atoms with Crippen LogP contribution in [0.5, 0.6) is 17.2 Å². The van der Waals surface area contributed by atoms with E-state index in [1.54, 1.807) is 47.3 Å². The fraction of sp³-hybridized carbons (Fsp3) is 0.182. The number of nitrogens with one attached hydrogen (secondary N) is 1. The van der Waals surface area contributed by atoms with Gasteiger partial charge < -0.3 is 18.7 Å². The Morgan fingerprint density at radius 3 is 2.79 bits per heavy atom. The fourth-order valence-corrected chi connectivity index (χ4v) is 5.07. The van der Waals surface area contributed by atoms with E-state index in [-0.39, 0.29) is 28.8 Å². The van der Waals surface area contributed by atoms with Crippen LogP contribution >= 0.6 is 0 Å². The molecule has 33 heavy (non-hydrogen) atoms. The van der Waals surface area contributed by atoms with Crippen molar-refractivity contribution in [1.82, 2.24) is 14.9 Å². The first kappa shape index (κ1) is 20.9. The predicted molar refractivity (Wildman–Crippen MR) is 120 cm³/mol. The summed E-state index contributed by atoms with van der Waals surface area (Å²) < 4.78 is 53.1. The Bertz CT molecular complexity index is 1460. The summed E-state index contributed by atoms with van der Waals surface area (Å²) in [6, 6.07) is 8.70. The van der Waals surface area contributed by atoms with Crippen molar-refractivity contribution in [1.29, 1.82) is 0 Å². The molecule has 0 amide bonds. The van der Waals surface area contributed by atoms with Crippen LogP contribution in [0, 0.1) is 0 Å². The van der Waals surface area contributed by atoms with Crippen molar-refractivity contribution in [3.63, 3.8) is 0 Å². The third kappa shape index (κ3) is 3.76. The molecule has 0 saturated heterocycles. The molecule has 3 heterocycles. The highest BCUT2D eigenvalue weighted by molar-refractivity contribution is 7.93. The molecule has 1 N–H and O–H groups in total. The quantitative estimate of drug-likeness (QED) is 0.439. The van der Waals surface area contributed by atoms with Crippen LogP contribution in [0.3, 0.4) is 0 Å². The second-order valence-corrected chi connectivity index (χ2v) is 8.86. The maximum atomic E-state index is 13.4. The molecule has 1 aliphatic rings. The van der Waals surface area contributed by atoms with Crippen LogP contribution < -0.4 is 18.9 Å². The monoisotopic (exact) mass is 468 g/mol. The molecule has 0 spiro atoms. The van der Waals surface area contributed by atoms with Gasteiger partial charge >= 0.3 is 0 Å². The lowest BCUT2D eigenvalue weighted by Gasteiger charge is -2.19. The zero-order valence-corrected chi connectivity index (χ0v) is 18.6. The van der Waals surface area contributed by atoms with E-state index in [1.807, 2.05) is 12.3 Å². The number of hydrogen-bond acceptors (Lipinski definition) is 8. The van der Waals surface area contributed by atoms with Gasteiger partial charge in [0.2, 0.25) is 0 Å². The summed E-state index contributed by atoms with van der Waals surface area (Å²) in [5.41, 5.74) is 1.86. The third-order valence-corrected chi connectivity index (χ3v) is 6.56. The largest absolute Gasteiger partial charge is 0.496 e. The molecule has 2 aromatic carbocycles. The van der Waals surface area contributed by atoms with Gasteiger partial charge in [-0.05, 0) is 42.0 Å². The summed E-state index contributed by atoms with van der Waals surface area (Å²) >= 11 is 0. The van der Waals surface area contributed by atoms with Gasteiger partial charge in [0.15, 0.2) is 22.0 Å². The van der Waals surface area contributed by atoms with E-state index in [2.05, 4.69) is 15.0 Å². The zero-order chi connectivity index (χ0) is 23.0. The minimum atomic E-state index is -4.16. The Morgan fingerprint density at radius 1 is 1.18 bits per heavy atom.